The van der Waals surface area contributed by atoms with Crippen LogP contribution in [-0.2, 0) is 28.0 Å². The first-order chi connectivity index (χ1) is 20.5. The lowest BCUT2D eigenvalue weighted by molar-refractivity contribution is -0.133. The van der Waals surface area contributed by atoms with E-state index in [9.17, 15) is 14.4 Å². The summed E-state index contributed by atoms with van der Waals surface area (Å²) in [5.41, 5.74) is 4.40. The van der Waals surface area contributed by atoms with Crippen molar-refractivity contribution in [3.8, 4) is 0 Å². The average Bonchev–Trinajstić information content (AvgIpc) is 3.44. The van der Waals surface area contributed by atoms with Gasteiger partial charge in [-0.2, -0.15) is 5.10 Å². The third kappa shape index (κ3) is 4.94. The Morgan fingerprint density at radius 1 is 1.05 bits per heavy atom. The van der Waals surface area contributed by atoms with Gasteiger partial charge >= 0.3 is 12.1 Å². The molecule has 5 amide bonds. The molecule has 7 rings (SSSR count). The number of fused-ring (bicyclic) bond motifs is 5. The largest absolute Gasteiger partial charge is 0.379 e. The van der Waals surface area contributed by atoms with Crippen LogP contribution in [0.2, 0.25) is 0 Å². The van der Waals surface area contributed by atoms with Crippen LogP contribution in [0.25, 0.3) is 10.9 Å². The number of hydrogen-bond acceptors (Lipinski definition) is 6. The normalized spacial score (nSPS) is 22.2. The minimum atomic E-state index is -0.678. The second-order valence-electron chi connectivity index (χ2n) is 11.6. The fraction of sp³-hybridized carbons (Fsp3) is 0.467. The van der Waals surface area contributed by atoms with E-state index in [0.717, 1.165) is 52.9 Å². The Bertz CT molecular complexity index is 1510. The maximum absolute atomic E-state index is 14.0. The van der Waals surface area contributed by atoms with Gasteiger partial charge in [-0.25, -0.2) is 9.59 Å². The predicted octanol–water partition coefficient (Wildman–Crippen LogP) is 1.98. The lowest BCUT2D eigenvalue weighted by Crippen LogP contribution is -2.59. The van der Waals surface area contributed by atoms with E-state index in [2.05, 4.69) is 31.0 Å². The van der Waals surface area contributed by atoms with Crippen molar-refractivity contribution in [1.29, 1.82) is 0 Å². The number of morpholine rings is 1. The summed E-state index contributed by atoms with van der Waals surface area (Å²) in [6.45, 7) is 5.83. The first-order valence-electron chi connectivity index (χ1n) is 14.8. The molecule has 2 saturated heterocycles. The maximum Gasteiger partial charge on any atom is 0.319 e. The zero-order valence-corrected chi connectivity index (χ0v) is 23.5. The second-order valence-corrected chi connectivity index (χ2v) is 11.6. The van der Waals surface area contributed by atoms with E-state index in [1.54, 1.807) is 4.90 Å². The minimum absolute atomic E-state index is 0.0718. The number of anilines is 1. The summed E-state index contributed by atoms with van der Waals surface area (Å²) in [6, 6.07) is 10.7. The van der Waals surface area contributed by atoms with Gasteiger partial charge in [-0.05, 0) is 36.1 Å². The molecule has 2 fully saturated rings. The molecule has 42 heavy (non-hydrogen) atoms. The standard InChI is InChI=1S/C30H36N8O4/c39-27-26(33-29(41)37-9-7-30(8-10-37)23-3-1-2-4-25(23)32-28(40)34-30)17-20-5-6-24-21(18-31-35-24)22(20)19-38(27)12-11-36-13-15-42-16-14-36/h1-6,18,26H,7-17,19H2,(H,31,35)(H,33,41)(H2,32,34,40). The molecule has 220 valence electrons. The highest BCUT2D eigenvalue weighted by Crippen LogP contribution is 2.39. The van der Waals surface area contributed by atoms with Crippen LogP contribution in [0.4, 0.5) is 15.3 Å². The second kappa shape index (κ2) is 10.9. The molecule has 12 heteroatoms. The molecule has 12 nitrogen and oxygen atoms in total. The van der Waals surface area contributed by atoms with Crippen molar-refractivity contribution in [3.05, 3.63) is 59.3 Å². The number of ether oxygens (including phenoxy) is 1. The molecule has 0 radical (unpaired) electrons. The van der Waals surface area contributed by atoms with Crippen LogP contribution in [0, 0.1) is 0 Å². The van der Waals surface area contributed by atoms with Crippen LogP contribution in [-0.4, -0.2) is 101 Å². The number of likely N-dealkylation sites (tertiary alicyclic amines) is 1. The topological polar surface area (TPSA) is 135 Å². The molecule has 1 atom stereocenters. The number of carbonyl (C=O) groups is 3. The van der Waals surface area contributed by atoms with Crippen molar-refractivity contribution in [3.63, 3.8) is 0 Å². The number of hydrogen-bond donors (Lipinski definition) is 4. The van der Waals surface area contributed by atoms with Gasteiger partial charge in [0.2, 0.25) is 5.91 Å². The Hall–Kier alpha value is -4.16. The van der Waals surface area contributed by atoms with Crippen LogP contribution in [0.15, 0.2) is 42.6 Å². The van der Waals surface area contributed by atoms with Gasteiger partial charge in [-0.15, -0.1) is 0 Å². The first kappa shape index (κ1) is 26.7. The molecular weight excluding hydrogens is 536 g/mol. The van der Waals surface area contributed by atoms with Gasteiger partial charge in [-0.3, -0.25) is 14.8 Å². The van der Waals surface area contributed by atoms with E-state index < -0.39 is 11.6 Å². The van der Waals surface area contributed by atoms with Crippen LogP contribution < -0.4 is 16.0 Å². The summed E-state index contributed by atoms with van der Waals surface area (Å²) in [6.07, 6.45) is 3.42. The molecule has 0 bridgehead atoms. The van der Waals surface area contributed by atoms with E-state index in [1.807, 2.05) is 47.5 Å². The highest BCUT2D eigenvalue weighted by molar-refractivity contribution is 5.94. The quantitative estimate of drug-likeness (QED) is 0.378. The van der Waals surface area contributed by atoms with Gasteiger partial charge in [0, 0.05) is 68.9 Å². The molecule has 0 aliphatic carbocycles. The van der Waals surface area contributed by atoms with Crippen LogP contribution in [0.3, 0.4) is 0 Å². The molecule has 4 aliphatic rings. The zero-order chi connectivity index (χ0) is 28.7. The number of urea groups is 2. The lowest BCUT2D eigenvalue weighted by Gasteiger charge is -2.45. The molecule has 1 aromatic heterocycles. The summed E-state index contributed by atoms with van der Waals surface area (Å²) in [5, 5.41) is 17.4. The van der Waals surface area contributed by atoms with E-state index in [-0.39, 0.29) is 18.0 Å². The minimum Gasteiger partial charge on any atom is -0.379 e. The van der Waals surface area contributed by atoms with Gasteiger partial charge in [0.15, 0.2) is 0 Å². The number of aromatic nitrogens is 2. The molecule has 4 N–H and O–H groups in total. The number of carbonyl (C=O) groups excluding carboxylic acids is 3. The van der Waals surface area contributed by atoms with E-state index >= 15 is 0 Å². The van der Waals surface area contributed by atoms with Gasteiger partial charge in [0.05, 0.1) is 30.5 Å². The number of piperidine rings is 1. The van der Waals surface area contributed by atoms with Crippen molar-refractivity contribution in [1.82, 2.24) is 35.5 Å². The first-order valence-corrected chi connectivity index (χ1v) is 14.8. The fourth-order valence-electron chi connectivity index (χ4n) is 6.86. The summed E-state index contributed by atoms with van der Waals surface area (Å²) >= 11 is 0. The van der Waals surface area contributed by atoms with Gasteiger partial charge in [0.25, 0.3) is 0 Å². The van der Waals surface area contributed by atoms with Gasteiger partial charge < -0.3 is 30.5 Å². The van der Waals surface area contributed by atoms with Crippen molar-refractivity contribution < 1.29 is 19.1 Å². The van der Waals surface area contributed by atoms with Crippen LogP contribution in [0.1, 0.15) is 29.5 Å². The Morgan fingerprint density at radius 3 is 2.69 bits per heavy atom. The summed E-state index contributed by atoms with van der Waals surface area (Å²) in [7, 11) is 0. The van der Waals surface area contributed by atoms with Crippen molar-refractivity contribution in [2.75, 3.05) is 57.8 Å². The molecule has 0 saturated carbocycles. The maximum atomic E-state index is 14.0. The van der Waals surface area contributed by atoms with Crippen molar-refractivity contribution >= 4 is 34.6 Å². The molecule has 5 heterocycles. The Labute approximate surface area is 243 Å². The van der Waals surface area contributed by atoms with Gasteiger partial charge in [0.1, 0.15) is 6.04 Å². The van der Waals surface area contributed by atoms with Crippen molar-refractivity contribution in [2.45, 2.75) is 37.4 Å². The monoisotopic (exact) mass is 572 g/mol. The number of amides is 5. The number of benzene rings is 2. The number of H-pyrrole nitrogens is 1. The molecule has 1 spiro atoms. The molecule has 2 aromatic carbocycles. The number of rotatable bonds is 4. The Kier molecular flexibility index (Phi) is 6.95. The van der Waals surface area contributed by atoms with E-state index in [4.69, 9.17) is 4.74 Å². The fourth-order valence-corrected chi connectivity index (χ4v) is 6.86. The van der Waals surface area contributed by atoms with Gasteiger partial charge in [-0.1, -0.05) is 24.3 Å². The van der Waals surface area contributed by atoms with Crippen LogP contribution in [0.5, 0.6) is 0 Å². The number of nitrogens with one attached hydrogen (secondary N) is 4. The number of nitrogens with zero attached hydrogens (tertiary/aromatic N) is 4. The molecule has 3 aromatic rings. The Morgan fingerprint density at radius 2 is 1.86 bits per heavy atom. The highest BCUT2D eigenvalue weighted by atomic mass is 16.5. The van der Waals surface area contributed by atoms with Crippen molar-refractivity contribution in [2.24, 2.45) is 0 Å². The highest BCUT2D eigenvalue weighted by Gasteiger charge is 2.43. The predicted molar refractivity (Wildman–Crippen MR) is 156 cm³/mol. The lowest BCUT2D eigenvalue weighted by atomic mass is 9.79. The summed E-state index contributed by atoms with van der Waals surface area (Å²) in [4.78, 5) is 46.0. The average molecular weight is 573 g/mol. The smallest absolute Gasteiger partial charge is 0.319 e. The molecule has 4 aliphatic heterocycles. The van der Waals surface area contributed by atoms with Crippen LogP contribution >= 0.6 is 0 Å². The van der Waals surface area contributed by atoms with E-state index in [1.165, 1.54) is 0 Å². The SMILES string of the molecule is O=C1Nc2ccccc2C2(CCN(C(=O)NC3Cc4ccc5[nH]ncc5c4CN(CCN4CCOCC4)C3=O)CC2)N1. The summed E-state index contributed by atoms with van der Waals surface area (Å²) in [5.74, 6) is -0.0718. The summed E-state index contributed by atoms with van der Waals surface area (Å²) < 4.78 is 5.49. The third-order valence-corrected chi connectivity index (χ3v) is 9.25. The third-order valence-electron chi connectivity index (χ3n) is 9.25. The molecule has 1 unspecified atom stereocenters. The number of aromatic amines is 1. The Balaban J connectivity index is 1.08. The van der Waals surface area contributed by atoms with E-state index in [0.29, 0.717) is 58.7 Å². The number of para-hydroxylation sites is 1. The zero-order valence-electron chi connectivity index (χ0n) is 23.5. The molecular formula is C30H36N8O4.